The Hall–Kier alpha value is -2.50. The third kappa shape index (κ3) is 3.54. The monoisotopic (exact) mass is 365 g/mol. The number of ether oxygens (including phenoxy) is 1. The minimum Gasteiger partial charge on any atom is -0.544 e. The van der Waals surface area contributed by atoms with Crippen LogP contribution in [0.1, 0.15) is 16.5 Å². The van der Waals surface area contributed by atoms with Gasteiger partial charge in [-0.15, -0.1) is 0 Å². The molecule has 0 amide bonds. The van der Waals surface area contributed by atoms with Crippen molar-refractivity contribution in [1.29, 1.82) is 0 Å². The summed E-state index contributed by atoms with van der Waals surface area (Å²) in [4.78, 5) is 11.0. The summed E-state index contributed by atoms with van der Waals surface area (Å²) in [6.45, 7) is 0.494. The predicted octanol–water partition coefficient (Wildman–Crippen LogP) is 1.85. The molecule has 1 fully saturated rings. The van der Waals surface area contributed by atoms with Gasteiger partial charge in [-0.1, -0.05) is 66.4 Å². The second-order valence-electron chi connectivity index (χ2n) is 6.37. The predicted molar refractivity (Wildman–Crippen MR) is 101 cm³/mol. The number of aliphatic carboxylic acids is 1. The summed E-state index contributed by atoms with van der Waals surface area (Å²) in [5.74, 6) is 0.360. The van der Waals surface area contributed by atoms with E-state index in [4.69, 9.17) is 4.74 Å². The maximum Gasteiger partial charge on any atom is 0.159 e. The number of carbonyl (C=O) groups is 1. The van der Waals surface area contributed by atoms with E-state index in [0.717, 1.165) is 16.9 Å². The molecule has 2 N–H and O–H groups in total. The molecule has 0 unspecified atom stereocenters. The van der Waals surface area contributed by atoms with Crippen molar-refractivity contribution >= 4 is 28.5 Å². The average Bonchev–Trinajstić information content (AvgIpc) is 3.17. The SMILES string of the molecule is O=C([O-])[C@H]1CS[C@@H](c2cccc(OCc3cccc4ccccc34)c2)[NH2+]1. The molecule has 0 saturated carbocycles. The molecule has 132 valence electrons. The number of fused-ring (bicyclic) bond motifs is 1. The van der Waals surface area contributed by atoms with Crippen LogP contribution in [-0.2, 0) is 11.4 Å². The second kappa shape index (κ2) is 7.40. The second-order valence-corrected chi connectivity index (χ2v) is 7.55. The lowest BCUT2D eigenvalue weighted by Gasteiger charge is -2.13. The standard InChI is InChI=1S/C21H19NO3S/c23-21(24)19-13-26-20(22-19)15-7-4-9-17(11-15)25-12-16-8-3-6-14-5-1-2-10-18(14)16/h1-11,19-20,22H,12-13H2,(H,23,24)/t19-,20+/m1/s1. The van der Waals surface area contributed by atoms with Crippen LogP contribution in [0.25, 0.3) is 10.8 Å². The van der Waals surface area contributed by atoms with E-state index < -0.39 is 12.0 Å². The molecular weight excluding hydrogens is 346 g/mol. The Morgan fingerprint density at radius 3 is 2.77 bits per heavy atom. The van der Waals surface area contributed by atoms with Gasteiger partial charge in [0.15, 0.2) is 5.37 Å². The van der Waals surface area contributed by atoms with Gasteiger partial charge in [0.1, 0.15) is 24.4 Å². The van der Waals surface area contributed by atoms with E-state index in [0.29, 0.717) is 12.4 Å². The molecule has 3 aromatic rings. The van der Waals surface area contributed by atoms with E-state index in [1.807, 2.05) is 47.8 Å². The van der Waals surface area contributed by atoms with E-state index in [1.54, 1.807) is 11.8 Å². The van der Waals surface area contributed by atoms with Crippen molar-refractivity contribution in [3.8, 4) is 5.75 Å². The Bertz CT molecular complexity index is 938. The average molecular weight is 365 g/mol. The summed E-state index contributed by atoms with van der Waals surface area (Å²) >= 11 is 1.62. The van der Waals surface area contributed by atoms with Crippen molar-refractivity contribution < 1.29 is 20.0 Å². The topological polar surface area (TPSA) is 66.0 Å². The van der Waals surface area contributed by atoms with E-state index in [2.05, 4.69) is 24.3 Å². The fourth-order valence-electron chi connectivity index (χ4n) is 3.24. The van der Waals surface area contributed by atoms with Gasteiger partial charge in [-0.25, -0.2) is 0 Å². The van der Waals surface area contributed by atoms with Crippen molar-refractivity contribution in [2.75, 3.05) is 5.75 Å². The molecule has 2 atom stereocenters. The maximum atomic E-state index is 11.0. The molecule has 26 heavy (non-hydrogen) atoms. The van der Waals surface area contributed by atoms with Crippen LogP contribution < -0.4 is 15.2 Å². The molecule has 1 aliphatic rings. The number of hydrogen-bond acceptors (Lipinski definition) is 4. The number of rotatable bonds is 5. The van der Waals surface area contributed by atoms with Gasteiger partial charge in [0.2, 0.25) is 0 Å². The van der Waals surface area contributed by atoms with Crippen LogP contribution in [0.3, 0.4) is 0 Å². The van der Waals surface area contributed by atoms with Gasteiger partial charge in [0, 0.05) is 5.56 Å². The zero-order valence-corrected chi connectivity index (χ0v) is 14.9. The molecule has 4 rings (SSSR count). The lowest BCUT2D eigenvalue weighted by Crippen LogP contribution is -2.90. The smallest absolute Gasteiger partial charge is 0.159 e. The van der Waals surface area contributed by atoms with Crippen molar-refractivity contribution in [2.45, 2.75) is 18.0 Å². The molecule has 0 bridgehead atoms. The first-order valence-electron chi connectivity index (χ1n) is 8.57. The maximum absolute atomic E-state index is 11.0. The van der Waals surface area contributed by atoms with Gasteiger partial charge in [0.05, 0.1) is 5.75 Å². The van der Waals surface area contributed by atoms with Gasteiger partial charge < -0.3 is 20.0 Å². The van der Waals surface area contributed by atoms with Gasteiger partial charge in [-0.3, -0.25) is 0 Å². The molecule has 1 aliphatic heterocycles. The number of carbonyl (C=O) groups excluding carboxylic acids is 1. The van der Waals surface area contributed by atoms with Crippen molar-refractivity contribution in [1.82, 2.24) is 0 Å². The normalized spacial score (nSPS) is 19.5. The zero-order valence-electron chi connectivity index (χ0n) is 14.1. The molecule has 1 saturated heterocycles. The summed E-state index contributed by atoms with van der Waals surface area (Å²) in [6, 6.07) is 21.9. The Morgan fingerprint density at radius 2 is 1.92 bits per heavy atom. The van der Waals surface area contributed by atoms with Crippen LogP contribution in [0.15, 0.2) is 66.7 Å². The van der Waals surface area contributed by atoms with Gasteiger partial charge in [-0.05, 0) is 28.5 Å². The highest BCUT2D eigenvalue weighted by atomic mass is 32.2. The quantitative estimate of drug-likeness (QED) is 0.749. The third-order valence-electron chi connectivity index (χ3n) is 4.63. The molecule has 0 radical (unpaired) electrons. The van der Waals surface area contributed by atoms with Gasteiger partial charge in [-0.2, -0.15) is 0 Å². The van der Waals surface area contributed by atoms with Crippen LogP contribution in [0.2, 0.25) is 0 Å². The van der Waals surface area contributed by atoms with Crippen LogP contribution in [-0.4, -0.2) is 17.8 Å². The van der Waals surface area contributed by atoms with Crippen molar-refractivity contribution in [2.24, 2.45) is 0 Å². The highest BCUT2D eigenvalue weighted by Crippen LogP contribution is 2.29. The number of benzene rings is 3. The lowest BCUT2D eigenvalue weighted by molar-refractivity contribution is -0.690. The van der Waals surface area contributed by atoms with E-state index >= 15 is 0 Å². The Balaban J connectivity index is 1.48. The van der Waals surface area contributed by atoms with Crippen LogP contribution in [0.5, 0.6) is 5.75 Å². The molecule has 0 aliphatic carbocycles. The molecular formula is C21H19NO3S. The number of carboxylic acid groups (broad SMARTS) is 1. The van der Waals surface area contributed by atoms with Gasteiger partial charge in [0.25, 0.3) is 0 Å². The van der Waals surface area contributed by atoms with E-state index in [9.17, 15) is 9.90 Å². The lowest BCUT2D eigenvalue weighted by atomic mass is 10.1. The van der Waals surface area contributed by atoms with Crippen LogP contribution in [0.4, 0.5) is 0 Å². The summed E-state index contributed by atoms with van der Waals surface area (Å²) in [5.41, 5.74) is 2.21. The number of thioether (sulfide) groups is 1. The molecule has 1 heterocycles. The number of hydrogen-bond donors (Lipinski definition) is 1. The highest BCUT2D eigenvalue weighted by Gasteiger charge is 2.30. The van der Waals surface area contributed by atoms with Crippen LogP contribution >= 0.6 is 11.8 Å². The summed E-state index contributed by atoms with van der Waals surface area (Å²) in [6.07, 6.45) is 0. The fourth-order valence-corrected chi connectivity index (χ4v) is 4.55. The Labute approximate surface area is 156 Å². The van der Waals surface area contributed by atoms with Crippen molar-refractivity contribution in [3.63, 3.8) is 0 Å². The summed E-state index contributed by atoms with van der Waals surface area (Å²) in [7, 11) is 0. The fraction of sp³-hybridized carbons (Fsp3) is 0.190. The number of quaternary nitrogens is 1. The first kappa shape index (κ1) is 16.9. The molecule has 3 aromatic carbocycles. The van der Waals surface area contributed by atoms with E-state index in [1.165, 1.54) is 10.8 Å². The highest BCUT2D eigenvalue weighted by molar-refractivity contribution is 7.99. The van der Waals surface area contributed by atoms with Gasteiger partial charge >= 0.3 is 0 Å². The summed E-state index contributed by atoms with van der Waals surface area (Å²) < 4.78 is 6.02. The number of nitrogens with two attached hydrogens (primary N) is 1. The largest absolute Gasteiger partial charge is 0.544 e. The molecule has 0 aromatic heterocycles. The first-order valence-corrected chi connectivity index (χ1v) is 9.62. The van der Waals surface area contributed by atoms with E-state index in [-0.39, 0.29) is 5.37 Å². The van der Waals surface area contributed by atoms with Crippen LogP contribution in [0, 0.1) is 0 Å². The molecule has 5 heteroatoms. The third-order valence-corrected chi connectivity index (χ3v) is 5.97. The minimum absolute atomic E-state index is 0.0685. The Kier molecular flexibility index (Phi) is 4.82. The summed E-state index contributed by atoms with van der Waals surface area (Å²) in [5, 5.41) is 15.3. The Morgan fingerprint density at radius 1 is 1.12 bits per heavy atom. The van der Waals surface area contributed by atoms with Crippen molar-refractivity contribution in [3.05, 3.63) is 77.9 Å². The zero-order chi connectivity index (χ0) is 17.9. The molecule has 0 spiro atoms. The molecule has 4 nitrogen and oxygen atoms in total. The first-order chi connectivity index (χ1) is 12.7. The number of carboxylic acids is 1. The minimum atomic E-state index is -0.997.